The number of anilines is 1. The minimum atomic E-state index is 0.222. The SMILES string of the molecule is CCC(=O)N1c2ccccc2[C@H](NC2CCNCC2)C[C@@H]1C. The molecule has 0 spiro atoms. The predicted molar refractivity (Wildman–Crippen MR) is 90.1 cm³/mol. The second-order valence-electron chi connectivity index (χ2n) is 6.50. The third-order valence-corrected chi connectivity index (χ3v) is 4.94. The molecule has 2 heterocycles. The van der Waals surface area contributed by atoms with E-state index in [0.29, 0.717) is 18.5 Å². The molecular formula is C18H27N3O. The topological polar surface area (TPSA) is 44.4 Å². The molecule has 1 saturated heterocycles. The van der Waals surface area contributed by atoms with Crippen LogP contribution in [0.2, 0.25) is 0 Å². The van der Waals surface area contributed by atoms with Crippen LogP contribution < -0.4 is 15.5 Å². The molecule has 120 valence electrons. The molecule has 0 radical (unpaired) electrons. The van der Waals surface area contributed by atoms with Gasteiger partial charge in [0.1, 0.15) is 0 Å². The van der Waals surface area contributed by atoms with E-state index in [9.17, 15) is 4.79 Å². The number of nitrogens with one attached hydrogen (secondary N) is 2. The van der Waals surface area contributed by atoms with E-state index in [0.717, 1.165) is 25.2 Å². The van der Waals surface area contributed by atoms with Crippen molar-refractivity contribution in [2.75, 3.05) is 18.0 Å². The Morgan fingerprint density at radius 2 is 2.05 bits per heavy atom. The summed E-state index contributed by atoms with van der Waals surface area (Å²) in [5, 5.41) is 7.26. The predicted octanol–water partition coefficient (Wildman–Crippen LogP) is 2.60. The lowest BCUT2D eigenvalue weighted by Gasteiger charge is -2.41. The van der Waals surface area contributed by atoms with Crippen LogP contribution in [0.5, 0.6) is 0 Å². The van der Waals surface area contributed by atoms with Crippen molar-refractivity contribution in [3.05, 3.63) is 29.8 Å². The molecule has 0 aromatic heterocycles. The van der Waals surface area contributed by atoms with Crippen LogP contribution in [0.15, 0.2) is 24.3 Å². The van der Waals surface area contributed by atoms with Gasteiger partial charge in [-0.15, -0.1) is 0 Å². The van der Waals surface area contributed by atoms with Gasteiger partial charge in [0, 0.05) is 30.2 Å². The number of nitrogens with zero attached hydrogens (tertiary/aromatic N) is 1. The first kappa shape index (κ1) is 15.5. The van der Waals surface area contributed by atoms with Gasteiger partial charge in [-0.05, 0) is 50.9 Å². The molecule has 3 rings (SSSR count). The summed E-state index contributed by atoms with van der Waals surface area (Å²) in [6, 6.07) is 9.58. The van der Waals surface area contributed by atoms with E-state index in [-0.39, 0.29) is 11.9 Å². The van der Waals surface area contributed by atoms with Gasteiger partial charge in [0.05, 0.1) is 0 Å². The molecule has 1 amide bonds. The summed E-state index contributed by atoms with van der Waals surface area (Å²) in [5.41, 5.74) is 2.38. The minimum Gasteiger partial charge on any atom is -0.317 e. The van der Waals surface area contributed by atoms with Gasteiger partial charge in [-0.2, -0.15) is 0 Å². The van der Waals surface area contributed by atoms with E-state index in [1.165, 1.54) is 18.4 Å². The second-order valence-corrected chi connectivity index (χ2v) is 6.50. The molecule has 0 bridgehead atoms. The standard InChI is InChI=1S/C18H27N3O/c1-3-18(22)21-13(2)12-16(15-6-4-5-7-17(15)21)20-14-8-10-19-11-9-14/h4-7,13-14,16,19-20H,3,8-12H2,1-2H3/t13-,16+/m0/s1. The number of carbonyl (C=O) groups is 1. The van der Waals surface area contributed by atoms with Crippen molar-refractivity contribution in [1.82, 2.24) is 10.6 Å². The maximum absolute atomic E-state index is 12.3. The van der Waals surface area contributed by atoms with Crippen LogP contribution in [0.1, 0.15) is 51.1 Å². The van der Waals surface area contributed by atoms with Crippen molar-refractivity contribution in [3.63, 3.8) is 0 Å². The number of benzene rings is 1. The highest BCUT2D eigenvalue weighted by Crippen LogP contribution is 2.37. The molecule has 0 saturated carbocycles. The first-order valence-electron chi connectivity index (χ1n) is 8.58. The van der Waals surface area contributed by atoms with Crippen LogP contribution in [0.25, 0.3) is 0 Å². The zero-order valence-electron chi connectivity index (χ0n) is 13.6. The van der Waals surface area contributed by atoms with E-state index in [4.69, 9.17) is 0 Å². The van der Waals surface area contributed by atoms with Gasteiger partial charge < -0.3 is 15.5 Å². The number of amides is 1. The fourth-order valence-corrected chi connectivity index (χ4v) is 3.79. The van der Waals surface area contributed by atoms with Gasteiger partial charge >= 0.3 is 0 Å². The normalized spacial score (nSPS) is 25.8. The van der Waals surface area contributed by atoms with E-state index in [2.05, 4.69) is 35.8 Å². The molecule has 2 N–H and O–H groups in total. The van der Waals surface area contributed by atoms with E-state index >= 15 is 0 Å². The van der Waals surface area contributed by atoms with Crippen LogP contribution in [0.4, 0.5) is 5.69 Å². The Bertz CT molecular complexity index is 525. The first-order valence-corrected chi connectivity index (χ1v) is 8.58. The lowest BCUT2D eigenvalue weighted by Crippen LogP contribution is -2.48. The number of carbonyl (C=O) groups excluding carboxylic acids is 1. The summed E-state index contributed by atoms with van der Waals surface area (Å²) >= 11 is 0. The number of fused-ring (bicyclic) bond motifs is 1. The fourth-order valence-electron chi connectivity index (χ4n) is 3.79. The lowest BCUT2D eigenvalue weighted by molar-refractivity contribution is -0.118. The zero-order chi connectivity index (χ0) is 15.5. The molecule has 1 fully saturated rings. The van der Waals surface area contributed by atoms with Crippen molar-refractivity contribution in [3.8, 4) is 0 Å². The van der Waals surface area contributed by atoms with E-state index < -0.39 is 0 Å². The maximum Gasteiger partial charge on any atom is 0.226 e. The molecule has 1 aromatic rings. The molecule has 22 heavy (non-hydrogen) atoms. The molecule has 2 atom stereocenters. The van der Waals surface area contributed by atoms with Crippen molar-refractivity contribution in [2.24, 2.45) is 0 Å². The average molecular weight is 301 g/mol. The largest absolute Gasteiger partial charge is 0.317 e. The Kier molecular flexibility index (Phi) is 4.79. The zero-order valence-corrected chi connectivity index (χ0v) is 13.6. The Hall–Kier alpha value is -1.39. The summed E-state index contributed by atoms with van der Waals surface area (Å²) in [6.07, 6.45) is 3.92. The number of rotatable bonds is 3. The number of hydrogen-bond acceptors (Lipinski definition) is 3. The molecular weight excluding hydrogens is 274 g/mol. The van der Waals surface area contributed by atoms with Gasteiger partial charge in [-0.1, -0.05) is 25.1 Å². The summed E-state index contributed by atoms with van der Waals surface area (Å²) in [7, 11) is 0. The van der Waals surface area contributed by atoms with Crippen molar-refractivity contribution in [2.45, 2.75) is 57.7 Å². The van der Waals surface area contributed by atoms with Crippen LogP contribution in [-0.2, 0) is 4.79 Å². The van der Waals surface area contributed by atoms with Crippen molar-refractivity contribution >= 4 is 11.6 Å². The summed E-state index contributed by atoms with van der Waals surface area (Å²) < 4.78 is 0. The van der Waals surface area contributed by atoms with Gasteiger partial charge in [0.25, 0.3) is 0 Å². The Morgan fingerprint density at radius 1 is 1.32 bits per heavy atom. The number of hydrogen-bond donors (Lipinski definition) is 2. The van der Waals surface area contributed by atoms with Crippen molar-refractivity contribution < 1.29 is 4.79 Å². The highest BCUT2D eigenvalue weighted by Gasteiger charge is 2.33. The van der Waals surface area contributed by atoms with Crippen molar-refractivity contribution in [1.29, 1.82) is 0 Å². The molecule has 4 nitrogen and oxygen atoms in total. The second kappa shape index (κ2) is 6.80. The van der Waals surface area contributed by atoms with Gasteiger partial charge in [-0.3, -0.25) is 4.79 Å². The average Bonchev–Trinajstić information content (AvgIpc) is 2.55. The highest BCUT2D eigenvalue weighted by molar-refractivity contribution is 5.95. The summed E-state index contributed by atoms with van der Waals surface area (Å²) in [5.74, 6) is 0.222. The molecule has 2 aliphatic rings. The Morgan fingerprint density at radius 3 is 2.77 bits per heavy atom. The maximum atomic E-state index is 12.3. The van der Waals surface area contributed by atoms with Gasteiger partial charge in [-0.25, -0.2) is 0 Å². The molecule has 2 aliphatic heterocycles. The van der Waals surface area contributed by atoms with Crippen LogP contribution in [0, 0.1) is 0 Å². The highest BCUT2D eigenvalue weighted by atomic mass is 16.2. The first-order chi connectivity index (χ1) is 10.7. The Labute approximate surface area is 133 Å². The third-order valence-electron chi connectivity index (χ3n) is 4.94. The molecule has 0 aliphatic carbocycles. The Balaban J connectivity index is 1.85. The molecule has 4 heteroatoms. The fraction of sp³-hybridized carbons (Fsp3) is 0.611. The lowest BCUT2D eigenvalue weighted by atomic mass is 9.90. The molecule has 0 unspecified atom stereocenters. The molecule has 1 aromatic carbocycles. The summed E-state index contributed by atoms with van der Waals surface area (Å²) in [6.45, 7) is 6.31. The van der Waals surface area contributed by atoms with Crippen LogP contribution in [-0.4, -0.2) is 31.1 Å². The van der Waals surface area contributed by atoms with Crippen LogP contribution in [0.3, 0.4) is 0 Å². The quantitative estimate of drug-likeness (QED) is 0.902. The smallest absolute Gasteiger partial charge is 0.226 e. The number of para-hydroxylation sites is 1. The van der Waals surface area contributed by atoms with E-state index in [1.807, 2.05) is 17.9 Å². The third kappa shape index (κ3) is 3.03. The van der Waals surface area contributed by atoms with E-state index in [1.54, 1.807) is 0 Å². The van der Waals surface area contributed by atoms with Gasteiger partial charge in [0.2, 0.25) is 5.91 Å². The summed E-state index contributed by atoms with van der Waals surface area (Å²) in [4.78, 5) is 14.3. The van der Waals surface area contributed by atoms with Gasteiger partial charge in [0.15, 0.2) is 0 Å². The van der Waals surface area contributed by atoms with Crippen LogP contribution >= 0.6 is 0 Å². The number of piperidine rings is 1. The minimum absolute atomic E-state index is 0.222. The monoisotopic (exact) mass is 301 g/mol.